The number of hydrogen-bond donors (Lipinski definition) is 2. The first-order valence-corrected chi connectivity index (χ1v) is 8.35. The van der Waals surface area contributed by atoms with Crippen LogP contribution in [0.25, 0.3) is 0 Å². The minimum Gasteiger partial charge on any atom is -0.398 e. The van der Waals surface area contributed by atoms with Gasteiger partial charge in [0.2, 0.25) is 10.0 Å². The van der Waals surface area contributed by atoms with Gasteiger partial charge in [0.1, 0.15) is 4.90 Å². The number of nitrogens with two attached hydrogens (primary N) is 1. The number of benzene rings is 1. The van der Waals surface area contributed by atoms with Gasteiger partial charge in [-0.05, 0) is 35.3 Å². The molecule has 4 nitrogen and oxygen atoms in total. The van der Waals surface area contributed by atoms with Crippen molar-refractivity contribution in [3.8, 4) is 0 Å². The molecule has 20 heavy (non-hydrogen) atoms. The highest BCUT2D eigenvalue weighted by Crippen LogP contribution is 2.67. The van der Waals surface area contributed by atoms with Crippen LogP contribution >= 0.6 is 0 Å². The smallest absolute Gasteiger partial charge is 0.242 e. The predicted octanol–water partition coefficient (Wildman–Crippen LogP) is 2.54. The average Bonchev–Trinajstić information content (AvgIpc) is 2.66. The second-order valence-corrected chi connectivity index (χ2v) is 8.54. The van der Waals surface area contributed by atoms with Gasteiger partial charge in [0.15, 0.2) is 0 Å². The molecule has 0 bridgehead atoms. The molecule has 0 saturated heterocycles. The van der Waals surface area contributed by atoms with E-state index in [9.17, 15) is 8.42 Å². The van der Waals surface area contributed by atoms with Crippen molar-refractivity contribution < 1.29 is 8.42 Å². The maximum absolute atomic E-state index is 12.4. The van der Waals surface area contributed by atoms with Gasteiger partial charge in [0.25, 0.3) is 0 Å². The lowest BCUT2D eigenvalue weighted by atomic mass is 10.0. The van der Waals surface area contributed by atoms with Crippen LogP contribution in [-0.2, 0) is 10.0 Å². The fourth-order valence-electron chi connectivity index (χ4n) is 3.15. The van der Waals surface area contributed by atoms with Gasteiger partial charge in [0.05, 0.1) is 5.69 Å². The number of hydrogen-bond acceptors (Lipinski definition) is 3. The summed E-state index contributed by atoms with van der Waals surface area (Å²) < 4.78 is 27.6. The van der Waals surface area contributed by atoms with Crippen molar-refractivity contribution in [1.82, 2.24) is 4.72 Å². The standard InChI is InChI=1S/C15H24N2O2S/c1-10-7-6-8-11(16)13(10)20(18,19)17-9-12-14(2,3)15(12,4)5/h6-8,12,17H,9,16H2,1-5H3. The van der Waals surface area contributed by atoms with Crippen molar-refractivity contribution >= 4 is 15.7 Å². The van der Waals surface area contributed by atoms with E-state index in [4.69, 9.17) is 5.73 Å². The van der Waals surface area contributed by atoms with E-state index >= 15 is 0 Å². The highest BCUT2D eigenvalue weighted by molar-refractivity contribution is 7.89. The summed E-state index contributed by atoms with van der Waals surface area (Å²) in [5.74, 6) is 0.343. The van der Waals surface area contributed by atoms with E-state index in [-0.39, 0.29) is 15.7 Å². The molecule has 1 aliphatic carbocycles. The molecular formula is C15H24N2O2S. The highest BCUT2D eigenvalue weighted by atomic mass is 32.2. The predicted molar refractivity (Wildman–Crippen MR) is 81.8 cm³/mol. The minimum atomic E-state index is -3.55. The molecule has 5 heteroatoms. The van der Waals surface area contributed by atoms with Crippen LogP contribution in [-0.4, -0.2) is 15.0 Å². The molecule has 1 fully saturated rings. The Bertz CT molecular complexity index is 599. The normalized spacial score (nSPS) is 20.9. The van der Waals surface area contributed by atoms with Crippen LogP contribution < -0.4 is 10.5 Å². The zero-order valence-electron chi connectivity index (χ0n) is 12.8. The van der Waals surface area contributed by atoms with E-state index in [1.807, 2.05) is 0 Å². The van der Waals surface area contributed by atoms with Crippen LogP contribution in [0.15, 0.2) is 23.1 Å². The Hall–Kier alpha value is -1.07. The molecule has 1 aromatic carbocycles. The molecule has 0 aromatic heterocycles. The summed E-state index contributed by atoms with van der Waals surface area (Å²) in [7, 11) is -3.55. The number of aryl methyl sites for hydroxylation is 1. The molecule has 1 aliphatic rings. The summed E-state index contributed by atoms with van der Waals surface area (Å²) in [5, 5.41) is 0. The minimum absolute atomic E-state index is 0.160. The van der Waals surface area contributed by atoms with E-state index in [2.05, 4.69) is 32.4 Å². The Balaban J connectivity index is 2.18. The number of anilines is 1. The third-order valence-corrected chi connectivity index (χ3v) is 6.95. The Morgan fingerprint density at radius 2 is 1.75 bits per heavy atom. The zero-order chi connectivity index (χ0) is 15.3. The third kappa shape index (κ3) is 2.23. The molecule has 0 atom stereocenters. The molecule has 0 aliphatic heterocycles. The summed E-state index contributed by atoms with van der Waals surface area (Å²) >= 11 is 0. The first-order chi connectivity index (χ1) is 9.02. The molecule has 0 amide bonds. The van der Waals surface area contributed by atoms with Gasteiger partial charge in [-0.15, -0.1) is 0 Å². The average molecular weight is 296 g/mol. The largest absolute Gasteiger partial charge is 0.398 e. The van der Waals surface area contributed by atoms with Crippen LogP contribution in [0.3, 0.4) is 0 Å². The quantitative estimate of drug-likeness (QED) is 0.839. The lowest BCUT2D eigenvalue weighted by molar-refractivity contribution is 0.457. The van der Waals surface area contributed by atoms with Gasteiger partial charge in [-0.25, -0.2) is 13.1 Å². The van der Waals surface area contributed by atoms with E-state index < -0.39 is 10.0 Å². The van der Waals surface area contributed by atoms with Gasteiger partial charge >= 0.3 is 0 Å². The molecule has 0 spiro atoms. The number of sulfonamides is 1. The maximum Gasteiger partial charge on any atom is 0.242 e. The first kappa shape index (κ1) is 15.3. The second kappa shape index (κ2) is 4.46. The Morgan fingerprint density at radius 3 is 2.20 bits per heavy atom. The van der Waals surface area contributed by atoms with Crippen molar-refractivity contribution in [3.05, 3.63) is 23.8 Å². The monoisotopic (exact) mass is 296 g/mol. The Kier molecular flexibility index (Phi) is 3.42. The van der Waals surface area contributed by atoms with Gasteiger partial charge in [-0.1, -0.05) is 39.8 Å². The van der Waals surface area contributed by atoms with E-state index in [1.165, 1.54) is 0 Å². The molecule has 1 saturated carbocycles. The number of nitrogens with one attached hydrogen (secondary N) is 1. The van der Waals surface area contributed by atoms with Crippen LogP contribution in [0, 0.1) is 23.7 Å². The molecule has 1 aromatic rings. The fraction of sp³-hybridized carbons (Fsp3) is 0.600. The second-order valence-electron chi connectivity index (χ2n) is 6.84. The van der Waals surface area contributed by atoms with Crippen molar-refractivity contribution in [1.29, 1.82) is 0 Å². The van der Waals surface area contributed by atoms with Crippen molar-refractivity contribution in [3.63, 3.8) is 0 Å². The molecule has 112 valence electrons. The molecular weight excluding hydrogens is 272 g/mol. The molecule has 0 radical (unpaired) electrons. The van der Waals surface area contributed by atoms with Crippen LogP contribution in [0.2, 0.25) is 0 Å². The Labute approximate surface area is 121 Å². The molecule has 3 N–H and O–H groups in total. The fourth-order valence-corrected chi connectivity index (χ4v) is 4.55. The molecule has 0 heterocycles. The van der Waals surface area contributed by atoms with Gasteiger partial charge in [0, 0.05) is 6.54 Å². The van der Waals surface area contributed by atoms with Crippen molar-refractivity contribution in [2.75, 3.05) is 12.3 Å². The van der Waals surface area contributed by atoms with E-state index in [0.29, 0.717) is 23.7 Å². The van der Waals surface area contributed by atoms with Gasteiger partial charge in [-0.2, -0.15) is 0 Å². The first-order valence-electron chi connectivity index (χ1n) is 6.86. The summed E-state index contributed by atoms with van der Waals surface area (Å²) in [6.45, 7) is 10.9. The summed E-state index contributed by atoms with van der Waals surface area (Å²) in [6.07, 6.45) is 0. The van der Waals surface area contributed by atoms with E-state index in [1.54, 1.807) is 25.1 Å². The Morgan fingerprint density at radius 1 is 1.20 bits per heavy atom. The van der Waals surface area contributed by atoms with Crippen molar-refractivity contribution in [2.45, 2.75) is 39.5 Å². The molecule has 0 unspecified atom stereocenters. The topological polar surface area (TPSA) is 72.2 Å². The third-order valence-electron chi connectivity index (χ3n) is 5.31. The molecule has 2 rings (SSSR count). The van der Waals surface area contributed by atoms with Crippen LogP contribution in [0.4, 0.5) is 5.69 Å². The van der Waals surface area contributed by atoms with Crippen LogP contribution in [0.5, 0.6) is 0 Å². The van der Waals surface area contributed by atoms with Crippen molar-refractivity contribution in [2.24, 2.45) is 16.7 Å². The van der Waals surface area contributed by atoms with Gasteiger partial charge in [-0.3, -0.25) is 0 Å². The zero-order valence-corrected chi connectivity index (χ0v) is 13.6. The lowest BCUT2D eigenvalue weighted by Gasteiger charge is -2.12. The number of rotatable bonds is 4. The summed E-state index contributed by atoms with van der Waals surface area (Å²) in [5.41, 5.74) is 7.11. The van der Waals surface area contributed by atoms with Crippen LogP contribution in [0.1, 0.15) is 33.3 Å². The highest BCUT2D eigenvalue weighted by Gasteiger charge is 2.64. The summed E-state index contributed by atoms with van der Waals surface area (Å²) in [4.78, 5) is 0.205. The maximum atomic E-state index is 12.4. The number of nitrogen functional groups attached to an aromatic ring is 1. The summed E-state index contributed by atoms with van der Waals surface area (Å²) in [6, 6.07) is 5.14. The van der Waals surface area contributed by atoms with Gasteiger partial charge < -0.3 is 5.73 Å². The van der Waals surface area contributed by atoms with E-state index in [0.717, 1.165) is 0 Å². The lowest BCUT2D eigenvalue weighted by Crippen LogP contribution is -2.28. The SMILES string of the molecule is Cc1cccc(N)c1S(=O)(=O)NCC1C(C)(C)C1(C)C.